The van der Waals surface area contributed by atoms with Crippen molar-refractivity contribution in [2.45, 2.75) is 24.7 Å². The van der Waals surface area contributed by atoms with Crippen molar-refractivity contribution in [1.82, 2.24) is 10.0 Å². The normalized spacial score (nSPS) is 17.6. The Morgan fingerprint density at radius 1 is 1.43 bits per heavy atom. The molecule has 1 aromatic carbocycles. The second kappa shape index (κ2) is 8.63. The van der Waals surface area contributed by atoms with Gasteiger partial charge < -0.3 is 10.1 Å². The predicted molar refractivity (Wildman–Crippen MR) is 90.5 cm³/mol. The van der Waals surface area contributed by atoms with E-state index in [9.17, 15) is 13.2 Å². The van der Waals surface area contributed by atoms with Crippen molar-refractivity contribution in [3.63, 3.8) is 0 Å². The summed E-state index contributed by atoms with van der Waals surface area (Å²) in [6.07, 6.45) is 1.92. The molecule has 0 aliphatic carbocycles. The van der Waals surface area contributed by atoms with Crippen molar-refractivity contribution >= 4 is 28.4 Å². The molecule has 1 heterocycles. The first kappa shape index (κ1) is 19.9. The molecule has 0 radical (unpaired) electrons. The highest BCUT2D eigenvalue weighted by Crippen LogP contribution is 2.18. The van der Waals surface area contributed by atoms with Crippen molar-refractivity contribution in [2.24, 2.45) is 5.92 Å². The van der Waals surface area contributed by atoms with Crippen molar-refractivity contribution < 1.29 is 17.9 Å². The van der Waals surface area contributed by atoms with Crippen LogP contribution in [0.4, 0.5) is 0 Å². The van der Waals surface area contributed by atoms with Crippen LogP contribution in [0.25, 0.3) is 0 Å². The van der Waals surface area contributed by atoms with Crippen LogP contribution < -0.4 is 10.0 Å². The molecular formula is C15H23ClN2O4S. The van der Waals surface area contributed by atoms with Crippen LogP contribution in [0.15, 0.2) is 23.1 Å². The molecule has 23 heavy (non-hydrogen) atoms. The van der Waals surface area contributed by atoms with Gasteiger partial charge in [0.2, 0.25) is 10.0 Å². The predicted octanol–water partition coefficient (Wildman–Crippen LogP) is 1.48. The molecule has 1 atom stereocenters. The van der Waals surface area contributed by atoms with Gasteiger partial charge in [0.05, 0.1) is 17.6 Å². The van der Waals surface area contributed by atoms with Gasteiger partial charge >= 0.3 is 5.97 Å². The number of carbonyl (C=O) groups excluding carboxylic acids is 1. The number of halogens is 1. The van der Waals surface area contributed by atoms with E-state index in [0.717, 1.165) is 25.9 Å². The van der Waals surface area contributed by atoms with Crippen molar-refractivity contribution in [1.29, 1.82) is 0 Å². The highest BCUT2D eigenvalue weighted by molar-refractivity contribution is 7.89. The van der Waals surface area contributed by atoms with E-state index in [1.54, 1.807) is 6.92 Å². The van der Waals surface area contributed by atoms with Gasteiger partial charge in [-0.25, -0.2) is 17.9 Å². The smallest absolute Gasteiger partial charge is 0.337 e. The lowest BCUT2D eigenvalue weighted by Gasteiger charge is -2.12. The van der Waals surface area contributed by atoms with Gasteiger partial charge in [0.1, 0.15) is 0 Å². The number of nitrogens with one attached hydrogen (secondary N) is 2. The van der Waals surface area contributed by atoms with E-state index in [1.807, 2.05) is 0 Å². The molecular weight excluding hydrogens is 340 g/mol. The average molecular weight is 363 g/mol. The molecule has 2 rings (SSSR count). The third-order valence-corrected chi connectivity index (χ3v) is 5.51. The lowest BCUT2D eigenvalue weighted by atomic mass is 10.1. The minimum absolute atomic E-state index is 0. The Labute approximate surface area is 143 Å². The third kappa shape index (κ3) is 5.17. The molecule has 0 amide bonds. The molecule has 6 nitrogen and oxygen atoms in total. The highest BCUT2D eigenvalue weighted by Gasteiger charge is 2.20. The summed E-state index contributed by atoms with van der Waals surface area (Å²) in [6.45, 7) is 4.05. The van der Waals surface area contributed by atoms with Crippen LogP contribution in [0.5, 0.6) is 0 Å². The van der Waals surface area contributed by atoms with Gasteiger partial charge in [-0.05, 0) is 62.5 Å². The highest BCUT2D eigenvalue weighted by atomic mass is 35.5. The van der Waals surface area contributed by atoms with Crippen LogP contribution in [0.3, 0.4) is 0 Å². The molecule has 0 spiro atoms. The third-order valence-electron chi connectivity index (χ3n) is 3.89. The van der Waals surface area contributed by atoms with E-state index in [4.69, 9.17) is 0 Å². The lowest BCUT2D eigenvalue weighted by molar-refractivity contribution is 0.0600. The number of methoxy groups -OCH3 is 1. The second-order valence-corrected chi connectivity index (χ2v) is 7.25. The number of ether oxygens (including phenoxy) is 1. The van der Waals surface area contributed by atoms with Crippen molar-refractivity contribution in [3.8, 4) is 0 Å². The number of aryl methyl sites for hydroxylation is 1. The SMILES string of the molecule is COC(=O)c1ccc(S(=O)(=O)NCCC2CCNC2)c(C)c1.Cl. The van der Waals surface area contributed by atoms with Gasteiger partial charge in [-0.1, -0.05) is 0 Å². The number of rotatable bonds is 6. The van der Waals surface area contributed by atoms with Crippen LogP contribution in [0, 0.1) is 12.8 Å². The van der Waals surface area contributed by atoms with Gasteiger partial charge in [0.15, 0.2) is 0 Å². The van der Waals surface area contributed by atoms with Gasteiger partial charge in [-0.15, -0.1) is 12.4 Å². The molecule has 1 fully saturated rings. The summed E-state index contributed by atoms with van der Waals surface area (Å²) in [5.41, 5.74) is 0.869. The molecule has 1 unspecified atom stereocenters. The first-order chi connectivity index (χ1) is 10.4. The largest absolute Gasteiger partial charge is 0.465 e. The molecule has 0 aromatic heterocycles. The Balaban J connectivity index is 0.00000264. The zero-order valence-electron chi connectivity index (χ0n) is 13.3. The van der Waals surface area contributed by atoms with Crippen LogP contribution in [0.1, 0.15) is 28.8 Å². The van der Waals surface area contributed by atoms with E-state index < -0.39 is 16.0 Å². The van der Waals surface area contributed by atoms with Gasteiger partial charge in [-0.3, -0.25) is 0 Å². The van der Waals surface area contributed by atoms with E-state index in [2.05, 4.69) is 14.8 Å². The number of carbonyl (C=O) groups is 1. The average Bonchev–Trinajstić information content (AvgIpc) is 2.99. The fraction of sp³-hybridized carbons (Fsp3) is 0.533. The number of hydrogen-bond donors (Lipinski definition) is 2. The van der Waals surface area contributed by atoms with Crippen molar-refractivity contribution in [2.75, 3.05) is 26.7 Å². The fourth-order valence-corrected chi connectivity index (χ4v) is 3.90. The van der Waals surface area contributed by atoms with Crippen LogP contribution in [0.2, 0.25) is 0 Å². The molecule has 1 aliphatic heterocycles. The second-order valence-electron chi connectivity index (χ2n) is 5.52. The first-order valence-electron chi connectivity index (χ1n) is 7.33. The molecule has 1 aliphatic rings. The number of benzene rings is 1. The van der Waals surface area contributed by atoms with Gasteiger partial charge in [0, 0.05) is 6.54 Å². The Kier molecular flexibility index (Phi) is 7.47. The zero-order chi connectivity index (χ0) is 16.2. The number of sulfonamides is 1. The number of hydrogen-bond acceptors (Lipinski definition) is 5. The van der Waals surface area contributed by atoms with E-state index in [1.165, 1.54) is 25.3 Å². The lowest BCUT2D eigenvalue weighted by Crippen LogP contribution is -2.27. The van der Waals surface area contributed by atoms with Crippen LogP contribution >= 0.6 is 12.4 Å². The summed E-state index contributed by atoms with van der Waals surface area (Å²) >= 11 is 0. The summed E-state index contributed by atoms with van der Waals surface area (Å²) in [4.78, 5) is 11.7. The maximum Gasteiger partial charge on any atom is 0.337 e. The summed E-state index contributed by atoms with van der Waals surface area (Å²) in [6, 6.07) is 4.44. The standard InChI is InChI=1S/C15H22N2O4S.ClH/c1-11-9-13(15(18)21-2)3-4-14(11)22(19,20)17-8-6-12-5-7-16-10-12;/h3-4,9,12,16-17H,5-8,10H2,1-2H3;1H. The number of esters is 1. The molecule has 1 saturated heterocycles. The summed E-state index contributed by atoms with van der Waals surface area (Å²) in [5, 5.41) is 3.26. The maximum atomic E-state index is 12.3. The minimum Gasteiger partial charge on any atom is -0.465 e. The fourth-order valence-electron chi connectivity index (χ4n) is 2.63. The summed E-state index contributed by atoms with van der Waals surface area (Å²) in [5.74, 6) is 0.0548. The zero-order valence-corrected chi connectivity index (χ0v) is 14.9. The molecule has 2 N–H and O–H groups in total. The Bertz CT molecular complexity index is 643. The summed E-state index contributed by atoms with van der Waals surface area (Å²) < 4.78 is 31.9. The van der Waals surface area contributed by atoms with Crippen LogP contribution in [-0.4, -0.2) is 41.1 Å². The first-order valence-corrected chi connectivity index (χ1v) is 8.81. The van der Waals surface area contributed by atoms with E-state index in [0.29, 0.717) is 23.6 Å². The molecule has 0 bridgehead atoms. The Morgan fingerprint density at radius 3 is 2.74 bits per heavy atom. The molecule has 0 saturated carbocycles. The summed E-state index contributed by atoms with van der Waals surface area (Å²) in [7, 11) is -2.26. The Morgan fingerprint density at radius 2 is 2.17 bits per heavy atom. The monoisotopic (exact) mass is 362 g/mol. The topological polar surface area (TPSA) is 84.5 Å². The molecule has 130 valence electrons. The van der Waals surface area contributed by atoms with Crippen LogP contribution in [-0.2, 0) is 14.8 Å². The molecule has 8 heteroatoms. The van der Waals surface area contributed by atoms with E-state index >= 15 is 0 Å². The van der Waals surface area contributed by atoms with E-state index in [-0.39, 0.29) is 17.3 Å². The van der Waals surface area contributed by atoms with Crippen molar-refractivity contribution in [3.05, 3.63) is 29.3 Å². The Hall–Kier alpha value is -1.15. The maximum absolute atomic E-state index is 12.3. The van der Waals surface area contributed by atoms with Gasteiger partial charge in [0.25, 0.3) is 0 Å². The van der Waals surface area contributed by atoms with Gasteiger partial charge in [-0.2, -0.15) is 0 Å². The molecule has 1 aromatic rings. The minimum atomic E-state index is -3.55. The quantitative estimate of drug-likeness (QED) is 0.749.